The van der Waals surface area contributed by atoms with Gasteiger partial charge in [0.05, 0.1) is 16.9 Å². The van der Waals surface area contributed by atoms with E-state index in [2.05, 4.69) is 168 Å². The maximum Gasteiger partial charge on any atom is 0.160 e. The van der Waals surface area contributed by atoms with Crippen LogP contribution in [0.3, 0.4) is 0 Å². The second-order valence-corrected chi connectivity index (χ2v) is 12.7. The van der Waals surface area contributed by atoms with E-state index in [9.17, 15) is 0 Å². The quantitative estimate of drug-likeness (QED) is 0.180. The van der Waals surface area contributed by atoms with Crippen molar-refractivity contribution in [1.29, 1.82) is 0 Å². The third kappa shape index (κ3) is 4.69. The second-order valence-electron chi connectivity index (χ2n) is 12.7. The molecular weight excluding hydrogens is 609 g/mol. The van der Waals surface area contributed by atoms with Crippen LogP contribution in [0.4, 0.5) is 0 Å². The van der Waals surface area contributed by atoms with E-state index in [4.69, 9.17) is 9.97 Å². The number of benzene rings is 8. The molecule has 50 heavy (non-hydrogen) atoms. The van der Waals surface area contributed by atoms with Gasteiger partial charge >= 0.3 is 0 Å². The predicted molar refractivity (Wildman–Crippen MR) is 207 cm³/mol. The van der Waals surface area contributed by atoms with E-state index in [-0.39, 0.29) is 0 Å². The molecule has 2 heterocycles. The number of hydrogen-bond donors (Lipinski definition) is 0. The summed E-state index contributed by atoms with van der Waals surface area (Å²) in [5.74, 6) is 0.685. The van der Waals surface area contributed by atoms with E-state index >= 15 is 0 Å². The van der Waals surface area contributed by atoms with Crippen LogP contribution in [0, 0.1) is 0 Å². The Hall–Kier alpha value is -6.78. The fraction of sp³-hybridized carbons (Fsp3) is 0. The summed E-state index contributed by atoms with van der Waals surface area (Å²) in [6.07, 6.45) is 3.44. The molecule has 0 N–H and O–H groups in total. The van der Waals surface area contributed by atoms with Gasteiger partial charge in [-0.05, 0) is 78.5 Å². The topological polar surface area (TPSA) is 51.6 Å². The van der Waals surface area contributed by atoms with Crippen LogP contribution in [-0.4, -0.2) is 19.9 Å². The molecule has 0 spiro atoms. The molecular formula is C46H28N4. The van der Waals surface area contributed by atoms with Gasteiger partial charge in [-0.25, -0.2) is 19.9 Å². The number of fused-ring (bicyclic) bond motifs is 5. The van der Waals surface area contributed by atoms with Crippen molar-refractivity contribution in [1.82, 2.24) is 19.9 Å². The van der Waals surface area contributed by atoms with Gasteiger partial charge in [-0.1, -0.05) is 133 Å². The fourth-order valence-corrected chi connectivity index (χ4v) is 7.38. The summed E-state index contributed by atoms with van der Waals surface area (Å²) in [7, 11) is 0. The fourth-order valence-electron chi connectivity index (χ4n) is 7.38. The van der Waals surface area contributed by atoms with Crippen LogP contribution >= 0.6 is 0 Å². The molecule has 0 aliphatic carbocycles. The molecule has 0 saturated heterocycles. The van der Waals surface area contributed by atoms with Gasteiger partial charge in [0.1, 0.15) is 6.33 Å². The zero-order valence-corrected chi connectivity index (χ0v) is 27.0. The monoisotopic (exact) mass is 636 g/mol. The first-order valence-electron chi connectivity index (χ1n) is 16.8. The van der Waals surface area contributed by atoms with E-state index in [0.29, 0.717) is 5.82 Å². The molecule has 2 aromatic heterocycles. The molecule has 0 aliphatic rings. The molecule has 10 aromatic rings. The highest BCUT2D eigenvalue weighted by atomic mass is 14.9. The molecule has 8 aromatic carbocycles. The highest BCUT2D eigenvalue weighted by Crippen LogP contribution is 2.41. The summed E-state index contributed by atoms with van der Waals surface area (Å²) in [5, 5.41) is 10.4. The van der Waals surface area contributed by atoms with Crippen molar-refractivity contribution in [3.8, 4) is 45.0 Å². The lowest BCUT2D eigenvalue weighted by molar-refractivity contribution is 1.19. The molecule has 10 rings (SSSR count). The first-order valence-corrected chi connectivity index (χ1v) is 16.8. The lowest BCUT2D eigenvalue weighted by Gasteiger charge is -2.16. The molecule has 0 amide bonds. The van der Waals surface area contributed by atoms with Gasteiger partial charge < -0.3 is 0 Å². The van der Waals surface area contributed by atoms with Crippen molar-refractivity contribution in [3.05, 3.63) is 170 Å². The first kappa shape index (κ1) is 28.3. The Morgan fingerprint density at radius 3 is 1.34 bits per heavy atom. The highest BCUT2D eigenvalue weighted by Gasteiger charge is 2.18. The average Bonchev–Trinajstić information content (AvgIpc) is 3.18. The third-order valence-electron chi connectivity index (χ3n) is 9.76. The Bertz CT molecular complexity index is 2680. The Morgan fingerprint density at radius 2 is 0.820 bits per heavy atom. The van der Waals surface area contributed by atoms with Crippen LogP contribution in [0.1, 0.15) is 0 Å². The molecule has 0 atom stereocenters. The van der Waals surface area contributed by atoms with Crippen molar-refractivity contribution in [2.45, 2.75) is 0 Å². The lowest BCUT2D eigenvalue weighted by atomic mass is 9.92. The molecule has 0 bridgehead atoms. The van der Waals surface area contributed by atoms with E-state index < -0.39 is 0 Å². The standard InChI is InChI=1S/C46H28N4/c1-5-13-37-32(9-1)23-33-10-2-6-14-38(33)44(37)42-26-43(45-39-15-7-3-11-34(39)24-35-12-4-8-16-40(35)45)50-46(49-42)30-19-17-29(18-20-30)31-21-22-36-27-47-28-48-41(36)25-31/h1-28H. The summed E-state index contributed by atoms with van der Waals surface area (Å²) >= 11 is 0. The smallest absolute Gasteiger partial charge is 0.160 e. The van der Waals surface area contributed by atoms with Gasteiger partial charge in [0.15, 0.2) is 5.82 Å². The molecule has 232 valence electrons. The summed E-state index contributed by atoms with van der Waals surface area (Å²) in [4.78, 5) is 19.4. The molecule has 0 unspecified atom stereocenters. The Morgan fingerprint density at radius 1 is 0.360 bits per heavy atom. The Balaban J connectivity index is 1.24. The summed E-state index contributed by atoms with van der Waals surface area (Å²) in [5.41, 5.74) is 8.10. The molecule has 0 radical (unpaired) electrons. The second kappa shape index (κ2) is 11.4. The number of aromatic nitrogens is 4. The van der Waals surface area contributed by atoms with E-state index in [1.54, 1.807) is 6.33 Å². The zero-order chi connectivity index (χ0) is 33.0. The summed E-state index contributed by atoms with van der Waals surface area (Å²) < 4.78 is 0. The lowest BCUT2D eigenvalue weighted by Crippen LogP contribution is -1.98. The minimum Gasteiger partial charge on any atom is -0.244 e. The minimum absolute atomic E-state index is 0.685. The first-order chi connectivity index (χ1) is 24.8. The van der Waals surface area contributed by atoms with Crippen LogP contribution in [0.25, 0.3) is 99.0 Å². The van der Waals surface area contributed by atoms with E-state index in [1.807, 2.05) is 6.20 Å². The van der Waals surface area contributed by atoms with Crippen molar-refractivity contribution in [2.75, 3.05) is 0 Å². The Kier molecular flexibility index (Phi) is 6.46. The van der Waals surface area contributed by atoms with Gasteiger partial charge in [-0.3, -0.25) is 0 Å². The summed E-state index contributed by atoms with van der Waals surface area (Å²) in [6, 6.07) is 56.0. The maximum atomic E-state index is 5.38. The molecule has 0 aliphatic heterocycles. The molecule has 0 fully saturated rings. The van der Waals surface area contributed by atoms with Gasteiger partial charge in [0, 0.05) is 28.3 Å². The zero-order valence-electron chi connectivity index (χ0n) is 27.0. The van der Waals surface area contributed by atoms with Crippen LogP contribution in [0.2, 0.25) is 0 Å². The highest BCUT2D eigenvalue weighted by molar-refractivity contribution is 6.14. The Labute approximate surface area is 288 Å². The minimum atomic E-state index is 0.685. The van der Waals surface area contributed by atoms with E-state index in [1.165, 1.54) is 43.1 Å². The predicted octanol–water partition coefficient (Wildman–Crippen LogP) is 11.7. The van der Waals surface area contributed by atoms with Crippen molar-refractivity contribution >= 4 is 54.0 Å². The third-order valence-corrected chi connectivity index (χ3v) is 9.76. The van der Waals surface area contributed by atoms with Crippen LogP contribution in [0.15, 0.2) is 170 Å². The van der Waals surface area contributed by atoms with E-state index in [0.717, 1.165) is 50.1 Å². The summed E-state index contributed by atoms with van der Waals surface area (Å²) in [6.45, 7) is 0. The molecule has 4 nitrogen and oxygen atoms in total. The molecule has 0 saturated carbocycles. The largest absolute Gasteiger partial charge is 0.244 e. The SMILES string of the molecule is c1ccc2c(-c3cc(-c4c5ccccc5cc5ccccc45)nc(-c4ccc(-c5ccc6cncnc6c5)cc4)n3)c3ccccc3cc2c1. The van der Waals surface area contributed by atoms with Crippen molar-refractivity contribution in [3.63, 3.8) is 0 Å². The van der Waals surface area contributed by atoms with Crippen LogP contribution in [-0.2, 0) is 0 Å². The van der Waals surface area contributed by atoms with Gasteiger partial charge in [0.25, 0.3) is 0 Å². The number of rotatable bonds is 4. The van der Waals surface area contributed by atoms with Crippen LogP contribution in [0.5, 0.6) is 0 Å². The average molecular weight is 637 g/mol. The maximum absolute atomic E-state index is 5.38. The molecule has 4 heteroatoms. The number of hydrogen-bond acceptors (Lipinski definition) is 4. The van der Waals surface area contributed by atoms with Crippen molar-refractivity contribution < 1.29 is 0 Å². The number of nitrogens with zero attached hydrogens (tertiary/aromatic N) is 4. The van der Waals surface area contributed by atoms with Gasteiger partial charge in [0.2, 0.25) is 0 Å². The van der Waals surface area contributed by atoms with Crippen molar-refractivity contribution in [2.24, 2.45) is 0 Å². The van der Waals surface area contributed by atoms with Crippen LogP contribution < -0.4 is 0 Å². The van der Waals surface area contributed by atoms with Gasteiger partial charge in [-0.2, -0.15) is 0 Å². The van der Waals surface area contributed by atoms with Gasteiger partial charge in [-0.15, -0.1) is 0 Å². The normalized spacial score (nSPS) is 11.6.